The Labute approximate surface area is 282 Å². The lowest BCUT2D eigenvalue weighted by molar-refractivity contribution is -0.147. The van der Waals surface area contributed by atoms with Crippen LogP contribution < -0.4 is 33.2 Å². The standard InChI is InChI=1S/C31H44N7O10P/c1-17(32)28(41)37-26(18(2)48-49(45,46)47)31(44)38-14-6-5-9-24(38)30(43)36-23(29(42)35-22(27(34)40)12-13-25(33)39)16-19-10-11-20-7-3-4-8-21(20)15-19/h3-4,7-8,10-11,15,17-18,22-24,26H,5-6,9,12-14,16,32H2,1-2H3,(H2,33,39)(H2,34,40)(H,35,42)(H,36,43)(H,37,41)(H2,45,46,47)/t17-,18+,22-,23-,24-,26-/m1/s1. The van der Waals surface area contributed by atoms with Crippen molar-refractivity contribution < 1.29 is 47.6 Å². The molecule has 0 unspecified atom stereocenters. The first kappa shape index (κ1) is 39.0. The van der Waals surface area contributed by atoms with Gasteiger partial charge in [-0.2, -0.15) is 0 Å². The first-order chi connectivity index (χ1) is 23.0. The van der Waals surface area contributed by atoms with Gasteiger partial charge in [-0.15, -0.1) is 0 Å². The number of carbonyl (C=O) groups is 6. The van der Waals surface area contributed by atoms with Crippen molar-refractivity contribution in [1.29, 1.82) is 0 Å². The van der Waals surface area contributed by atoms with Crippen LogP contribution in [-0.4, -0.2) is 93.0 Å². The smallest absolute Gasteiger partial charge is 0.370 e. The molecule has 1 aliphatic rings. The van der Waals surface area contributed by atoms with Crippen molar-refractivity contribution in [3.8, 4) is 0 Å². The lowest BCUT2D eigenvalue weighted by atomic mass is 9.97. The summed E-state index contributed by atoms with van der Waals surface area (Å²) in [6.07, 6.45) is -0.819. The molecular weight excluding hydrogens is 661 g/mol. The lowest BCUT2D eigenvalue weighted by Gasteiger charge is -2.38. The summed E-state index contributed by atoms with van der Waals surface area (Å²) in [6, 6.07) is 6.54. The maximum atomic E-state index is 13.9. The van der Waals surface area contributed by atoms with Gasteiger partial charge in [0.25, 0.3) is 0 Å². The number of phosphoric ester groups is 1. The highest BCUT2D eigenvalue weighted by molar-refractivity contribution is 7.46. The highest BCUT2D eigenvalue weighted by atomic mass is 31.2. The second kappa shape index (κ2) is 17.3. The second-order valence-corrected chi connectivity index (χ2v) is 13.2. The molecule has 2 aromatic rings. The number of amides is 6. The van der Waals surface area contributed by atoms with Gasteiger partial charge in [-0.1, -0.05) is 42.5 Å². The highest BCUT2D eigenvalue weighted by Gasteiger charge is 2.41. The average molecular weight is 706 g/mol. The quantitative estimate of drug-likeness (QED) is 0.0962. The molecular formula is C31H44N7O10P. The van der Waals surface area contributed by atoms with Crippen molar-refractivity contribution in [1.82, 2.24) is 20.9 Å². The number of hydrogen-bond donors (Lipinski definition) is 8. The molecule has 17 nitrogen and oxygen atoms in total. The van der Waals surface area contributed by atoms with Crippen LogP contribution in [0.5, 0.6) is 0 Å². The van der Waals surface area contributed by atoms with Gasteiger partial charge in [-0.05, 0) is 55.9 Å². The van der Waals surface area contributed by atoms with Gasteiger partial charge in [0.2, 0.25) is 35.4 Å². The lowest BCUT2D eigenvalue weighted by Crippen LogP contribution is -2.62. The van der Waals surface area contributed by atoms with E-state index >= 15 is 0 Å². The number of fused-ring (bicyclic) bond motifs is 1. The summed E-state index contributed by atoms with van der Waals surface area (Å²) in [5, 5.41) is 9.35. The number of nitrogens with zero attached hydrogens (tertiary/aromatic N) is 1. The van der Waals surface area contributed by atoms with Crippen LogP contribution >= 0.6 is 7.82 Å². The van der Waals surface area contributed by atoms with E-state index in [1.165, 1.54) is 13.8 Å². The Morgan fingerprint density at radius 3 is 2.22 bits per heavy atom. The van der Waals surface area contributed by atoms with Crippen LogP contribution in [0.3, 0.4) is 0 Å². The minimum absolute atomic E-state index is 0.0371. The van der Waals surface area contributed by atoms with Crippen LogP contribution in [0.4, 0.5) is 0 Å². The minimum atomic E-state index is -5.10. The first-order valence-electron chi connectivity index (χ1n) is 15.7. The third-order valence-electron chi connectivity index (χ3n) is 8.06. The fourth-order valence-corrected chi connectivity index (χ4v) is 6.07. The molecule has 0 bridgehead atoms. The highest BCUT2D eigenvalue weighted by Crippen LogP contribution is 2.38. The SMILES string of the molecule is C[C@H](OP(=O)(O)O)[C@@H](NC(=O)[C@@H](C)N)C(=O)N1CCCC[C@@H]1C(=O)N[C@H](Cc1ccc2ccccc2c1)C(=O)N[C@H](CCC(N)=O)C(N)=O. The van der Waals surface area contributed by atoms with Crippen molar-refractivity contribution >= 4 is 54.0 Å². The average Bonchev–Trinajstić information content (AvgIpc) is 3.03. The van der Waals surface area contributed by atoms with Crippen LogP contribution in [0, 0.1) is 0 Å². The number of piperidine rings is 1. The Morgan fingerprint density at radius 1 is 0.939 bits per heavy atom. The number of nitrogens with one attached hydrogen (secondary N) is 3. The summed E-state index contributed by atoms with van der Waals surface area (Å²) in [5.74, 6) is -4.80. The van der Waals surface area contributed by atoms with E-state index in [0.717, 1.165) is 15.7 Å². The molecule has 0 aromatic heterocycles. The third-order valence-corrected chi connectivity index (χ3v) is 8.67. The van der Waals surface area contributed by atoms with E-state index in [-0.39, 0.29) is 32.2 Å². The van der Waals surface area contributed by atoms with Crippen molar-refractivity contribution in [2.24, 2.45) is 17.2 Å². The Hall–Kier alpha value is -4.41. The van der Waals surface area contributed by atoms with Crippen LogP contribution in [-0.2, 0) is 44.3 Å². The van der Waals surface area contributed by atoms with Crippen LogP contribution in [0.1, 0.15) is 51.5 Å². The van der Waals surface area contributed by atoms with E-state index in [4.69, 9.17) is 21.7 Å². The Bertz CT molecular complexity index is 1600. The number of hydrogen-bond acceptors (Lipinski definition) is 9. The number of carbonyl (C=O) groups excluding carboxylic acids is 6. The van der Waals surface area contributed by atoms with E-state index < -0.39 is 79.6 Å². The van der Waals surface area contributed by atoms with Gasteiger partial charge in [-0.3, -0.25) is 33.3 Å². The number of nitrogens with two attached hydrogens (primary N) is 3. The first-order valence-corrected chi connectivity index (χ1v) is 17.3. The van der Waals surface area contributed by atoms with E-state index in [1.807, 2.05) is 36.4 Å². The van der Waals surface area contributed by atoms with E-state index in [0.29, 0.717) is 18.4 Å². The molecule has 49 heavy (non-hydrogen) atoms. The van der Waals surface area contributed by atoms with Crippen molar-refractivity contribution in [2.75, 3.05) is 6.54 Å². The van der Waals surface area contributed by atoms with Crippen molar-refractivity contribution in [2.45, 2.75) is 88.7 Å². The molecule has 0 spiro atoms. The summed E-state index contributed by atoms with van der Waals surface area (Å²) in [7, 11) is -5.10. The fourth-order valence-electron chi connectivity index (χ4n) is 5.51. The predicted molar refractivity (Wildman–Crippen MR) is 177 cm³/mol. The molecule has 1 aliphatic heterocycles. The summed E-state index contributed by atoms with van der Waals surface area (Å²) in [4.78, 5) is 97.3. The fraction of sp³-hybridized carbons (Fsp3) is 0.484. The zero-order valence-electron chi connectivity index (χ0n) is 27.2. The zero-order valence-corrected chi connectivity index (χ0v) is 28.1. The molecule has 6 amide bonds. The normalized spacial score (nSPS) is 18.0. The van der Waals surface area contributed by atoms with Crippen LogP contribution in [0.25, 0.3) is 10.8 Å². The van der Waals surface area contributed by atoms with Gasteiger partial charge in [0, 0.05) is 19.4 Å². The van der Waals surface area contributed by atoms with E-state index in [9.17, 15) is 43.1 Å². The number of likely N-dealkylation sites (tertiary alicyclic amines) is 1. The zero-order chi connectivity index (χ0) is 36.5. The van der Waals surface area contributed by atoms with Gasteiger partial charge in [0.15, 0.2) is 0 Å². The summed E-state index contributed by atoms with van der Waals surface area (Å²) < 4.78 is 16.3. The topological polar surface area (TPSA) is 287 Å². The molecule has 1 fully saturated rings. The largest absolute Gasteiger partial charge is 0.469 e. The minimum Gasteiger partial charge on any atom is -0.370 e. The maximum Gasteiger partial charge on any atom is 0.469 e. The molecule has 268 valence electrons. The van der Waals surface area contributed by atoms with Gasteiger partial charge in [-0.25, -0.2) is 4.57 Å². The molecule has 0 radical (unpaired) electrons. The Morgan fingerprint density at radius 2 is 1.61 bits per heavy atom. The monoisotopic (exact) mass is 705 g/mol. The van der Waals surface area contributed by atoms with Crippen LogP contribution in [0.15, 0.2) is 42.5 Å². The maximum absolute atomic E-state index is 13.9. The summed E-state index contributed by atoms with van der Waals surface area (Å²) in [6.45, 7) is 2.57. The molecule has 6 atom stereocenters. The predicted octanol–water partition coefficient (Wildman–Crippen LogP) is -1.19. The molecule has 1 saturated heterocycles. The van der Waals surface area contributed by atoms with Crippen molar-refractivity contribution in [3.05, 3.63) is 48.0 Å². The second-order valence-electron chi connectivity index (χ2n) is 12.0. The molecule has 3 rings (SSSR count). The van der Waals surface area contributed by atoms with Crippen molar-refractivity contribution in [3.63, 3.8) is 0 Å². The van der Waals surface area contributed by atoms with E-state index in [1.54, 1.807) is 6.07 Å². The number of phosphoric acid groups is 1. The number of rotatable bonds is 16. The van der Waals surface area contributed by atoms with Crippen LogP contribution in [0.2, 0.25) is 0 Å². The molecule has 18 heteroatoms. The summed E-state index contributed by atoms with van der Waals surface area (Å²) >= 11 is 0. The molecule has 0 aliphatic carbocycles. The number of primary amides is 2. The van der Waals surface area contributed by atoms with Gasteiger partial charge in [0.1, 0.15) is 24.2 Å². The number of benzene rings is 2. The van der Waals surface area contributed by atoms with Gasteiger partial charge >= 0.3 is 7.82 Å². The third kappa shape index (κ3) is 11.6. The molecule has 1 heterocycles. The van der Waals surface area contributed by atoms with E-state index in [2.05, 4.69) is 16.0 Å². The Kier molecular flexibility index (Phi) is 13.8. The van der Waals surface area contributed by atoms with Gasteiger partial charge in [0.05, 0.1) is 12.1 Å². The van der Waals surface area contributed by atoms with Gasteiger partial charge < -0.3 is 47.8 Å². The molecule has 2 aromatic carbocycles. The molecule has 11 N–H and O–H groups in total. The summed E-state index contributed by atoms with van der Waals surface area (Å²) in [5.41, 5.74) is 17.0. The Balaban J connectivity index is 1.92. The molecule has 0 saturated carbocycles.